The minimum atomic E-state index is -0.211. The zero-order chi connectivity index (χ0) is 17.1. The van der Waals surface area contributed by atoms with Crippen molar-refractivity contribution in [3.63, 3.8) is 0 Å². The normalized spacial score (nSPS) is 17.6. The van der Waals surface area contributed by atoms with Gasteiger partial charge in [0, 0.05) is 19.6 Å². The first-order chi connectivity index (χ1) is 11.6. The molecule has 0 saturated carbocycles. The van der Waals surface area contributed by atoms with Gasteiger partial charge in [0.15, 0.2) is 5.65 Å². The predicted octanol–water partition coefficient (Wildman–Crippen LogP) is 2.27. The average Bonchev–Trinajstić information content (AvgIpc) is 3.14. The molecule has 3 rings (SSSR count). The minimum absolute atomic E-state index is 0.211. The van der Waals surface area contributed by atoms with Crippen LogP contribution in [-0.2, 0) is 11.3 Å². The summed E-state index contributed by atoms with van der Waals surface area (Å²) < 4.78 is 7.95. The highest BCUT2D eigenvalue weighted by atomic mass is 127. The summed E-state index contributed by atoms with van der Waals surface area (Å²) in [7, 11) is 0. The molecule has 3 heterocycles. The van der Waals surface area contributed by atoms with Gasteiger partial charge in [0.25, 0.3) is 0 Å². The molecular formula is C15H21IN6O2. The van der Waals surface area contributed by atoms with Crippen molar-refractivity contribution in [2.45, 2.75) is 32.7 Å². The molecule has 1 unspecified atom stereocenters. The van der Waals surface area contributed by atoms with Crippen LogP contribution in [0.25, 0.3) is 11.0 Å². The predicted molar refractivity (Wildman–Crippen MR) is 98.4 cm³/mol. The zero-order valence-electron chi connectivity index (χ0n) is 13.6. The number of hydrogen-bond donors (Lipinski definition) is 1. The van der Waals surface area contributed by atoms with Crippen LogP contribution in [0.1, 0.15) is 26.2 Å². The minimum Gasteiger partial charge on any atom is -0.449 e. The number of carbonyl (C=O) groups is 1. The van der Waals surface area contributed by atoms with E-state index in [4.69, 9.17) is 10.5 Å². The van der Waals surface area contributed by atoms with E-state index in [1.807, 2.05) is 4.68 Å². The van der Waals surface area contributed by atoms with E-state index < -0.39 is 0 Å². The number of aromatic nitrogens is 4. The molecule has 1 aliphatic heterocycles. The Hall–Kier alpha value is -1.65. The number of likely N-dealkylation sites (tertiary alicyclic amines) is 1. The molecule has 0 aromatic carbocycles. The molecule has 0 radical (unpaired) electrons. The van der Waals surface area contributed by atoms with Crippen molar-refractivity contribution >= 4 is 45.5 Å². The van der Waals surface area contributed by atoms with Gasteiger partial charge in [-0.3, -0.25) is 0 Å². The van der Waals surface area contributed by atoms with E-state index >= 15 is 0 Å². The summed E-state index contributed by atoms with van der Waals surface area (Å²) in [5.41, 5.74) is 6.67. The first kappa shape index (κ1) is 17.2. The van der Waals surface area contributed by atoms with Crippen LogP contribution in [-0.4, -0.2) is 50.4 Å². The lowest BCUT2D eigenvalue weighted by Crippen LogP contribution is -2.30. The van der Waals surface area contributed by atoms with Crippen LogP contribution in [0.4, 0.5) is 10.6 Å². The summed E-state index contributed by atoms with van der Waals surface area (Å²) in [6.45, 7) is 4.68. The van der Waals surface area contributed by atoms with Crippen molar-refractivity contribution in [3.05, 3.63) is 10.0 Å². The average molecular weight is 444 g/mol. The second-order valence-electron chi connectivity index (χ2n) is 6.00. The van der Waals surface area contributed by atoms with Crippen LogP contribution < -0.4 is 5.73 Å². The third-order valence-corrected chi connectivity index (χ3v) is 4.97. The number of unbranched alkanes of at least 4 members (excludes halogenated alkanes) is 1. The van der Waals surface area contributed by atoms with Gasteiger partial charge >= 0.3 is 6.09 Å². The van der Waals surface area contributed by atoms with Gasteiger partial charge in [-0.15, -0.1) is 0 Å². The molecule has 130 valence electrons. The van der Waals surface area contributed by atoms with E-state index in [9.17, 15) is 4.79 Å². The maximum atomic E-state index is 12.0. The summed E-state index contributed by atoms with van der Waals surface area (Å²) in [6, 6.07) is 0. The topological polar surface area (TPSA) is 99.2 Å². The quantitative estimate of drug-likeness (QED) is 0.561. The number of hydrogen-bond acceptors (Lipinski definition) is 6. The number of nitrogen functional groups attached to an aromatic ring is 1. The van der Waals surface area contributed by atoms with E-state index in [0.717, 1.165) is 40.5 Å². The van der Waals surface area contributed by atoms with E-state index in [2.05, 4.69) is 44.6 Å². The number of anilines is 1. The van der Waals surface area contributed by atoms with Gasteiger partial charge in [-0.1, -0.05) is 13.3 Å². The van der Waals surface area contributed by atoms with Crippen molar-refractivity contribution in [1.82, 2.24) is 24.6 Å². The maximum absolute atomic E-state index is 12.0. The van der Waals surface area contributed by atoms with E-state index in [0.29, 0.717) is 31.4 Å². The van der Waals surface area contributed by atoms with E-state index in [-0.39, 0.29) is 6.09 Å². The number of carbonyl (C=O) groups excluding carboxylic acids is 1. The fraction of sp³-hybridized carbons (Fsp3) is 0.600. The molecule has 2 aromatic rings. The Labute approximate surface area is 153 Å². The molecule has 0 spiro atoms. The molecule has 1 atom stereocenters. The first-order valence-corrected chi connectivity index (χ1v) is 9.22. The van der Waals surface area contributed by atoms with Gasteiger partial charge in [0.1, 0.15) is 15.8 Å². The van der Waals surface area contributed by atoms with Gasteiger partial charge in [-0.25, -0.2) is 19.4 Å². The summed E-state index contributed by atoms with van der Waals surface area (Å²) in [5.74, 6) is 0.780. The largest absolute Gasteiger partial charge is 0.449 e. The van der Waals surface area contributed by atoms with Gasteiger partial charge in [0.05, 0.1) is 12.0 Å². The highest BCUT2D eigenvalue weighted by molar-refractivity contribution is 14.1. The van der Waals surface area contributed by atoms with Crippen LogP contribution in [0.15, 0.2) is 6.33 Å². The molecule has 0 aliphatic carbocycles. The molecule has 9 heteroatoms. The molecule has 0 bridgehead atoms. The lowest BCUT2D eigenvalue weighted by atomic mass is 10.1. The van der Waals surface area contributed by atoms with Gasteiger partial charge in [0.2, 0.25) is 0 Å². The Balaban J connectivity index is 1.64. The Morgan fingerprint density at radius 3 is 3.12 bits per heavy atom. The number of nitrogens with zero attached hydrogens (tertiary/aromatic N) is 5. The second-order valence-corrected chi connectivity index (χ2v) is 7.02. The Kier molecular flexibility index (Phi) is 5.36. The molecule has 1 fully saturated rings. The summed E-state index contributed by atoms with van der Waals surface area (Å²) >= 11 is 2.15. The lowest BCUT2D eigenvalue weighted by molar-refractivity contribution is 0.108. The number of nitrogens with two attached hydrogens (primary N) is 1. The van der Waals surface area contributed by atoms with Gasteiger partial charge in [-0.05, 0) is 41.4 Å². The highest BCUT2D eigenvalue weighted by Crippen LogP contribution is 2.25. The maximum Gasteiger partial charge on any atom is 0.409 e. The number of ether oxygens (including phenoxy) is 1. The molecular weight excluding hydrogens is 423 g/mol. The summed E-state index contributed by atoms with van der Waals surface area (Å²) in [4.78, 5) is 22.1. The summed E-state index contributed by atoms with van der Waals surface area (Å²) in [6.07, 6.45) is 4.10. The monoisotopic (exact) mass is 444 g/mol. The van der Waals surface area contributed by atoms with Crippen LogP contribution in [0.2, 0.25) is 0 Å². The lowest BCUT2D eigenvalue weighted by Gasteiger charge is -2.16. The fourth-order valence-corrected chi connectivity index (χ4v) is 3.68. The standard InChI is InChI=1S/C15H21IN6O2/c1-2-3-6-24-15(23)21-5-4-10(7-21)8-22-14-11(12(16)20-22)13(17)18-9-19-14/h9-10H,2-8H2,1H3,(H2,17,18,19). The van der Waals surface area contributed by atoms with Crippen molar-refractivity contribution in [2.75, 3.05) is 25.4 Å². The second kappa shape index (κ2) is 7.49. The van der Waals surface area contributed by atoms with E-state index in [1.165, 1.54) is 6.33 Å². The molecule has 24 heavy (non-hydrogen) atoms. The molecule has 1 amide bonds. The van der Waals surface area contributed by atoms with Gasteiger partial charge < -0.3 is 15.4 Å². The number of rotatable bonds is 5. The SMILES string of the molecule is CCCCOC(=O)N1CCC(Cn2nc(I)c3c(N)ncnc32)C1. The van der Waals surface area contributed by atoms with Crippen molar-refractivity contribution in [2.24, 2.45) is 5.92 Å². The van der Waals surface area contributed by atoms with Crippen molar-refractivity contribution in [3.8, 4) is 0 Å². The third-order valence-electron chi connectivity index (χ3n) is 4.21. The van der Waals surface area contributed by atoms with Crippen LogP contribution >= 0.6 is 22.6 Å². The number of fused-ring (bicyclic) bond motifs is 1. The fourth-order valence-electron chi connectivity index (χ4n) is 2.90. The third kappa shape index (κ3) is 3.55. The molecule has 1 aliphatic rings. The zero-order valence-corrected chi connectivity index (χ0v) is 15.8. The van der Waals surface area contributed by atoms with Crippen molar-refractivity contribution < 1.29 is 9.53 Å². The summed E-state index contributed by atoms with van der Waals surface area (Å²) in [5, 5.41) is 5.33. The molecule has 2 aromatic heterocycles. The van der Waals surface area contributed by atoms with Crippen molar-refractivity contribution in [1.29, 1.82) is 0 Å². The van der Waals surface area contributed by atoms with Crippen LogP contribution in [0.3, 0.4) is 0 Å². The van der Waals surface area contributed by atoms with Crippen LogP contribution in [0.5, 0.6) is 0 Å². The molecule has 2 N–H and O–H groups in total. The van der Waals surface area contributed by atoms with Crippen LogP contribution in [0, 0.1) is 9.62 Å². The Morgan fingerprint density at radius 1 is 1.50 bits per heavy atom. The van der Waals surface area contributed by atoms with E-state index in [1.54, 1.807) is 4.90 Å². The highest BCUT2D eigenvalue weighted by Gasteiger charge is 2.28. The Morgan fingerprint density at radius 2 is 2.33 bits per heavy atom. The number of amides is 1. The smallest absolute Gasteiger partial charge is 0.409 e. The molecule has 8 nitrogen and oxygen atoms in total. The Bertz CT molecular complexity index is 734. The first-order valence-electron chi connectivity index (χ1n) is 8.14. The molecule has 1 saturated heterocycles. The number of halogens is 1. The van der Waals surface area contributed by atoms with Gasteiger partial charge in [-0.2, -0.15) is 5.10 Å².